The van der Waals surface area contributed by atoms with Crippen molar-refractivity contribution in [2.45, 2.75) is 58.1 Å². The number of hydrogen-bond acceptors (Lipinski definition) is 5. The van der Waals surface area contributed by atoms with Gasteiger partial charge in [0.2, 0.25) is 0 Å². The molecule has 1 heterocycles. The van der Waals surface area contributed by atoms with Crippen LogP contribution in [0.2, 0.25) is 0 Å². The van der Waals surface area contributed by atoms with Crippen LogP contribution in [0.4, 0.5) is 5.69 Å². The van der Waals surface area contributed by atoms with Crippen LogP contribution >= 0.6 is 0 Å². The lowest BCUT2D eigenvalue weighted by atomic mass is 9.98. The van der Waals surface area contributed by atoms with Crippen molar-refractivity contribution in [1.82, 2.24) is 4.57 Å². The van der Waals surface area contributed by atoms with Gasteiger partial charge in [-0.3, -0.25) is 19.5 Å². The molecule has 2 rings (SSSR count). The number of carbonyl (C=O) groups is 1. The van der Waals surface area contributed by atoms with E-state index in [1.807, 2.05) is 0 Å². The predicted molar refractivity (Wildman–Crippen MR) is 79.8 cm³/mol. The lowest BCUT2D eigenvalue weighted by Gasteiger charge is -2.24. The molecule has 0 bridgehead atoms. The lowest BCUT2D eigenvalue weighted by molar-refractivity contribution is -0.386. The number of pyridine rings is 1. The van der Waals surface area contributed by atoms with Gasteiger partial charge in [-0.2, -0.15) is 0 Å². The minimum Gasteiger partial charge on any atom is -0.461 e. The van der Waals surface area contributed by atoms with Gasteiger partial charge < -0.3 is 4.74 Å². The molecule has 1 atom stereocenters. The summed E-state index contributed by atoms with van der Waals surface area (Å²) in [6.07, 6.45) is 4.76. The fourth-order valence-electron chi connectivity index (χ4n) is 2.87. The van der Waals surface area contributed by atoms with E-state index in [0.29, 0.717) is 0 Å². The first-order valence-corrected chi connectivity index (χ1v) is 7.49. The largest absolute Gasteiger partial charge is 0.461 e. The Morgan fingerprint density at radius 2 is 2.00 bits per heavy atom. The van der Waals surface area contributed by atoms with E-state index in [-0.39, 0.29) is 17.5 Å². The third-order valence-corrected chi connectivity index (χ3v) is 4.11. The van der Waals surface area contributed by atoms with Crippen LogP contribution in [0.25, 0.3) is 0 Å². The molecule has 0 aromatic carbocycles. The van der Waals surface area contributed by atoms with Gasteiger partial charge >= 0.3 is 5.97 Å². The van der Waals surface area contributed by atoms with Crippen LogP contribution in [0.15, 0.2) is 16.9 Å². The first kappa shape index (κ1) is 16.2. The van der Waals surface area contributed by atoms with Crippen molar-refractivity contribution in [3.05, 3.63) is 38.3 Å². The van der Waals surface area contributed by atoms with Crippen LogP contribution in [-0.2, 0) is 9.53 Å². The zero-order chi connectivity index (χ0) is 16.3. The van der Waals surface area contributed by atoms with Crippen molar-refractivity contribution in [3.63, 3.8) is 0 Å². The number of ether oxygens (including phenoxy) is 1. The van der Waals surface area contributed by atoms with Gasteiger partial charge in [0.1, 0.15) is 12.1 Å². The molecule has 0 aliphatic heterocycles. The molecule has 0 radical (unpaired) electrons. The first-order valence-electron chi connectivity index (χ1n) is 7.49. The van der Waals surface area contributed by atoms with Crippen LogP contribution in [0.5, 0.6) is 0 Å². The zero-order valence-electron chi connectivity index (χ0n) is 12.8. The maximum atomic E-state index is 12.2. The van der Waals surface area contributed by atoms with Gasteiger partial charge in [-0.05, 0) is 39.5 Å². The highest BCUT2D eigenvalue weighted by Crippen LogP contribution is 2.23. The Labute approximate surface area is 128 Å². The average Bonchev–Trinajstić information content (AvgIpc) is 2.47. The van der Waals surface area contributed by atoms with E-state index >= 15 is 0 Å². The van der Waals surface area contributed by atoms with Crippen LogP contribution in [0, 0.1) is 17.0 Å². The third-order valence-electron chi connectivity index (χ3n) is 4.11. The number of aromatic nitrogens is 1. The molecule has 1 saturated carbocycles. The molecule has 7 nitrogen and oxygen atoms in total. The molecule has 0 N–H and O–H groups in total. The average molecular weight is 308 g/mol. The molecule has 1 aromatic rings. The maximum absolute atomic E-state index is 12.2. The molecule has 120 valence electrons. The van der Waals surface area contributed by atoms with Crippen molar-refractivity contribution >= 4 is 11.7 Å². The van der Waals surface area contributed by atoms with Gasteiger partial charge in [-0.25, -0.2) is 4.79 Å². The quantitative estimate of drug-likeness (QED) is 0.484. The SMILES string of the molecule is Cc1c([N+](=O)[O-])ccc(=O)n1C(C)C(=O)OC1CCCCC1. The Balaban J connectivity index is 2.22. The summed E-state index contributed by atoms with van der Waals surface area (Å²) in [5.74, 6) is -0.516. The summed E-state index contributed by atoms with van der Waals surface area (Å²) in [5, 5.41) is 11.0. The van der Waals surface area contributed by atoms with E-state index < -0.39 is 22.5 Å². The number of rotatable bonds is 4. The molecule has 7 heteroatoms. The van der Waals surface area contributed by atoms with Gasteiger partial charge in [-0.1, -0.05) is 6.42 Å². The van der Waals surface area contributed by atoms with Gasteiger partial charge in [0.25, 0.3) is 11.2 Å². The normalized spacial score (nSPS) is 17.0. The number of hydrogen-bond donors (Lipinski definition) is 0. The topological polar surface area (TPSA) is 91.4 Å². The fourth-order valence-corrected chi connectivity index (χ4v) is 2.87. The molecular formula is C15H20N2O5. The second-order valence-electron chi connectivity index (χ2n) is 5.64. The summed E-state index contributed by atoms with van der Waals surface area (Å²) in [7, 11) is 0. The standard InChI is InChI=1S/C15H20N2O5/c1-10-13(17(20)21)8-9-14(18)16(10)11(2)15(19)22-12-6-4-3-5-7-12/h8-9,11-12H,3-7H2,1-2H3. The third kappa shape index (κ3) is 3.35. The second kappa shape index (κ2) is 6.72. The number of carbonyl (C=O) groups excluding carboxylic acids is 1. The molecule has 1 unspecified atom stereocenters. The van der Waals surface area contributed by atoms with Crippen LogP contribution in [0.1, 0.15) is 50.8 Å². The van der Waals surface area contributed by atoms with Crippen molar-refractivity contribution in [3.8, 4) is 0 Å². The zero-order valence-corrected chi connectivity index (χ0v) is 12.8. The molecular weight excluding hydrogens is 288 g/mol. The van der Waals surface area contributed by atoms with E-state index in [2.05, 4.69) is 0 Å². The molecule has 0 saturated heterocycles. The van der Waals surface area contributed by atoms with E-state index in [0.717, 1.165) is 48.8 Å². The van der Waals surface area contributed by atoms with Crippen LogP contribution < -0.4 is 5.56 Å². The second-order valence-corrected chi connectivity index (χ2v) is 5.64. The highest BCUT2D eigenvalue weighted by Gasteiger charge is 2.26. The van der Waals surface area contributed by atoms with Gasteiger partial charge in [0.15, 0.2) is 0 Å². The molecule has 0 spiro atoms. The van der Waals surface area contributed by atoms with E-state index in [1.165, 1.54) is 13.8 Å². The van der Waals surface area contributed by atoms with Gasteiger partial charge in [0.05, 0.1) is 10.6 Å². The molecule has 1 fully saturated rings. The highest BCUT2D eigenvalue weighted by molar-refractivity contribution is 5.74. The maximum Gasteiger partial charge on any atom is 0.329 e. The summed E-state index contributed by atoms with van der Waals surface area (Å²) in [4.78, 5) is 34.6. The monoisotopic (exact) mass is 308 g/mol. The number of esters is 1. The summed E-state index contributed by atoms with van der Waals surface area (Å²) >= 11 is 0. The lowest BCUT2D eigenvalue weighted by Crippen LogP contribution is -2.33. The van der Waals surface area contributed by atoms with Crippen LogP contribution in [-0.4, -0.2) is 21.6 Å². The Bertz CT molecular complexity index is 631. The molecule has 0 amide bonds. The molecule has 1 aliphatic carbocycles. The molecule has 1 aliphatic rings. The summed E-state index contributed by atoms with van der Waals surface area (Å²) < 4.78 is 6.58. The van der Waals surface area contributed by atoms with Crippen molar-refractivity contribution in [1.29, 1.82) is 0 Å². The first-order chi connectivity index (χ1) is 10.4. The van der Waals surface area contributed by atoms with E-state index in [9.17, 15) is 19.7 Å². The predicted octanol–water partition coefficient (Wildman–Crippen LogP) is 2.50. The highest BCUT2D eigenvalue weighted by atomic mass is 16.6. The minimum atomic E-state index is -0.880. The van der Waals surface area contributed by atoms with Crippen molar-refractivity contribution in [2.75, 3.05) is 0 Å². The molecule has 1 aromatic heterocycles. The Morgan fingerprint density at radius 3 is 2.59 bits per heavy atom. The smallest absolute Gasteiger partial charge is 0.329 e. The van der Waals surface area contributed by atoms with Gasteiger partial charge in [-0.15, -0.1) is 0 Å². The van der Waals surface area contributed by atoms with E-state index in [4.69, 9.17) is 4.74 Å². The number of nitro groups is 1. The Morgan fingerprint density at radius 1 is 1.36 bits per heavy atom. The van der Waals surface area contributed by atoms with Gasteiger partial charge in [0, 0.05) is 12.1 Å². The van der Waals surface area contributed by atoms with Crippen LogP contribution in [0.3, 0.4) is 0 Å². The summed E-state index contributed by atoms with van der Waals surface area (Å²) in [6, 6.07) is 1.39. The fraction of sp³-hybridized carbons (Fsp3) is 0.600. The number of nitrogens with zero attached hydrogens (tertiary/aromatic N) is 2. The Kier molecular flexibility index (Phi) is 4.95. The van der Waals surface area contributed by atoms with Crippen molar-refractivity contribution in [2.24, 2.45) is 0 Å². The summed E-state index contributed by atoms with van der Waals surface area (Å²) in [5.41, 5.74) is -0.473. The van der Waals surface area contributed by atoms with E-state index in [1.54, 1.807) is 0 Å². The molecule has 22 heavy (non-hydrogen) atoms. The Hall–Kier alpha value is -2.18. The van der Waals surface area contributed by atoms with Crippen molar-refractivity contribution < 1.29 is 14.5 Å². The minimum absolute atomic E-state index is 0.113. The summed E-state index contributed by atoms with van der Waals surface area (Å²) in [6.45, 7) is 2.99.